The van der Waals surface area contributed by atoms with Gasteiger partial charge in [-0.1, -0.05) is 43.5 Å². The fraction of sp³-hybridized carbons (Fsp3) is 0.571. The van der Waals surface area contributed by atoms with Gasteiger partial charge in [-0.05, 0) is 37.8 Å². The second-order valence-electron chi connectivity index (χ2n) is 7.50. The highest BCUT2D eigenvalue weighted by Gasteiger charge is 2.35. The lowest BCUT2D eigenvalue weighted by molar-refractivity contribution is 0.290. The van der Waals surface area contributed by atoms with Crippen LogP contribution in [0.4, 0.5) is 0 Å². The van der Waals surface area contributed by atoms with Crippen LogP contribution in [0.5, 0.6) is 0 Å². The topological polar surface area (TPSA) is 67.1 Å². The molecule has 7 heteroatoms. The molecule has 1 aromatic carbocycles. The lowest BCUT2D eigenvalue weighted by Gasteiger charge is -2.39. The highest BCUT2D eigenvalue weighted by atomic mass is 127. The van der Waals surface area contributed by atoms with Crippen LogP contribution in [0.1, 0.15) is 56.0 Å². The van der Waals surface area contributed by atoms with Gasteiger partial charge < -0.3 is 10.6 Å². The number of benzene rings is 1. The van der Waals surface area contributed by atoms with Crippen molar-refractivity contribution in [2.45, 2.75) is 57.9 Å². The van der Waals surface area contributed by atoms with Crippen molar-refractivity contribution in [1.29, 1.82) is 0 Å². The molecular weight excluding hydrogens is 463 g/mol. The number of aliphatic imine (C=N–C) groups is 1. The minimum absolute atomic E-state index is 0. The molecule has 0 amide bonds. The second kappa shape index (κ2) is 10.8. The predicted molar refractivity (Wildman–Crippen MR) is 125 cm³/mol. The molecule has 2 aromatic rings. The Hall–Kier alpha value is -1.64. The zero-order valence-corrected chi connectivity index (χ0v) is 19.6. The van der Waals surface area contributed by atoms with Crippen LogP contribution in [0, 0.1) is 6.92 Å². The molecule has 0 spiro atoms. The van der Waals surface area contributed by atoms with Crippen LogP contribution in [0.25, 0.3) is 0 Å². The molecule has 1 aromatic heterocycles. The van der Waals surface area contributed by atoms with E-state index in [9.17, 15) is 0 Å². The molecule has 0 radical (unpaired) electrons. The fourth-order valence-electron chi connectivity index (χ4n) is 4.15. The molecule has 1 heterocycles. The van der Waals surface area contributed by atoms with E-state index in [4.69, 9.17) is 4.99 Å². The summed E-state index contributed by atoms with van der Waals surface area (Å²) in [6, 6.07) is 8.85. The average Bonchev–Trinajstić information content (AvgIpc) is 3.10. The molecular formula is C21H33IN6. The van der Waals surface area contributed by atoms with Crippen molar-refractivity contribution < 1.29 is 0 Å². The highest BCUT2D eigenvalue weighted by Crippen LogP contribution is 2.40. The van der Waals surface area contributed by atoms with Crippen molar-refractivity contribution in [3.05, 3.63) is 47.5 Å². The minimum atomic E-state index is 0. The Labute approximate surface area is 185 Å². The van der Waals surface area contributed by atoms with Crippen LogP contribution >= 0.6 is 24.0 Å². The van der Waals surface area contributed by atoms with Gasteiger partial charge >= 0.3 is 0 Å². The predicted octanol–water partition coefficient (Wildman–Crippen LogP) is 3.70. The molecule has 6 nitrogen and oxygen atoms in total. The van der Waals surface area contributed by atoms with Gasteiger partial charge in [0.1, 0.15) is 18.7 Å². The average molecular weight is 496 g/mol. The highest BCUT2D eigenvalue weighted by molar-refractivity contribution is 14.0. The molecule has 0 aliphatic heterocycles. The summed E-state index contributed by atoms with van der Waals surface area (Å²) < 4.78 is 1.77. The van der Waals surface area contributed by atoms with Crippen molar-refractivity contribution in [3.63, 3.8) is 0 Å². The van der Waals surface area contributed by atoms with Gasteiger partial charge in [0, 0.05) is 25.6 Å². The first-order valence-electron chi connectivity index (χ1n) is 10.1. The molecule has 1 aliphatic carbocycles. The number of aryl methyl sites for hydroxylation is 2. The molecule has 1 saturated carbocycles. The van der Waals surface area contributed by atoms with Crippen LogP contribution in [-0.4, -0.2) is 33.8 Å². The van der Waals surface area contributed by atoms with E-state index in [0.29, 0.717) is 6.54 Å². The van der Waals surface area contributed by atoms with Gasteiger partial charge in [-0.15, -0.1) is 24.0 Å². The standard InChI is InChI=1S/C21H32N6.HI/c1-4-22-20(23-14-19-25-16-26-27(19)3)24-15-21(12-8-5-9-13-21)18-11-7-6-10-17(18)2;/h6-7,10-11,16H,4-5,8-9,12-15H2,1-3H3,(H2,22,23,24);1H. The summed E-state index contributed by atoms with van der Waals surface area (Å²) in [5.74, 6) is 1.71. The van der Waals surface area contributed by atoms with Gasteiger partial charge in [0.15, 0.2) is 5.96 Å². The molecule has 0 saturated heterocycles. The lowest BCUT2D eigenvalue weighted by atomic mass is 9.68. The van der Waals surface area contributed by atoms with E-state index in [0.717, 1.165) is 24.9 Å². The number of aromatic nitrogens is 3. The fourth-order valence-corrected chi connectivity index (χ4v) is 4.15. The molecule has 0 unspecified atom stereocenters. The number of hydrogen-bond acceptors (Lipinski definition) is 3. The SMILES string of the molecule is CCNC(=NCc1ncnn1C)NCC1(c2ccccc2C)CCCCC1.I. The summed E-state index contributed by atoms with van der Waals surface area (Å²) in [4.78, 5) is 8.98. The largest absolute Gasteiger partial charge is 0.357 e. The summed E-state index contributed by atoms with van der Waals surface area (Å²) in [7, 11) is 1.90. The van der Waals surface area contributed by atoms with Gasteiger partial charge in [-0.25, -0.2) is 9.98 Å². The van der Waals surface area contributed by atoms with E-state index < -0.39 is 0 Å². The maximum absolute atomic E-state index is 4.72. The summed E-state index contributed by atoms with van der Waals surface area (Å²) in [5, 5.41) is 11.1. The zero-order valence-electron chi connectivity index (χ0n) is 17.2. The van der Waals surface area contributed by atoms with Crippen LogP contribution in [-0.2, 0) is 19.0 Å². The molecule has 28 heavy (non-hydrogen) atoms. The van der Waals surface area contributed by atoms with Gasteiger partial charge in [-0.3, -0.25) is 4.68 Å². The van der Waals surface area contributed by atoms with Gasteiger partial charge in [0.25, 0.3) is 0 Å². The number of nitrogens with zero attached hydrogens (tertiary/aromatic N) is 4. The number of hydrogen-bond donors (Lipinski definition) is 2. The quantitative estimate of drug-likeness (QED) is 0.364. The Bertz CT molecular complexity index is 764. The zero-order chi connectivity index (χ0) is 19.1. The van der Waals surface area contributed by atoms with Crippen LogP contribution in [0.15, 0.2) is 35.6 Å². The first-order valence-corrected chi connectivity index (χ1v) is 10.1. The Morgan fingerprint density at radius 2 is 1.93 bits per heavy atom. The molecule has 154 valence electrons. The monoisotopic (exact) mass is 496 g/mol. The van der Waals surface area contributed by atoms with E-state index in [1.807, 2.05) is 7.05 Å². The summed E-state index contributed by atoms with van der Waals surface area (Å²) in [5.41, 5.74) is 3.06. The number of rotatable bonds is 6. The maximum Gasteiger partial charge on any atom is 0.191 e. The smallest absolute Gasteiger partial charge is 0.191 e. The van der Waals surface area contributed by atoms with Gasteiger partial charge in [-0.2, -0.15) is 5.10 Å². The van der Waals surface area contributed by atoms with E-state index in [-0.39, 0.29) is 29.4 Å². The number of halogens is 1. The van der Waals surface area contributed by atoms with Crippen molar-refractivity contribution in [3.8, 4) is 0 Å². The minimum Gasteiger partial charge on any atom is -0.357 e. The normalized spacial score (nSPS) is 16.3. The Morgan fingerprint density at radius 3 is 2.57 bits per heavy atom. The second-order valence-corrected chi connectivity index (χ2v) is 7.50. The number of guanidine groups is 1. The van der Waals surface area contributed by atoms with Gasteiger partial charge in [0.2, 0.25) is 0 Å². The Kier molecular flexibility index (Phi) is 8.72. The van der Waals surface area contributed by atoms with Crippen molar-refractivity contribution >= 4 is 29.9 Å². The molecule has 2 N–H and O–H groups in total. The van der Waals surface area contributed by atoms with E-state index in [1.54, 1.807) is 11.0 Å². The third-order valence-corrected chi connectivity index (χ3v) is 5.65. The first kappa shape index (κ1) is 22.6. The van der Waals surface area contributed by atoms with Crippen molar-refractivity contribution in [1.82, 2.24) is 25.4 Å². The first-order chi connectivity index (χ1) is 13.1. The number of nitrogens with one attached hydrogen (secondary N) is 2. The third-order valence-electron chi connectivity index (χ3n) is 5.65. The van der Waals surface area contributed by atoms with Gasteiger partial charge in [0.05, 0.1) is 0 Å². The third kappa shape index (κ3) is 5.46. The van der Waals surface area contributed by atoms with E-state index in [2.05, 4.69) is 58.8 Å². The Morgan fingerprint density at radius 1 is 1.18 bits per heavy atom. The molecule has 1 fully saturated rings. The van der Waals surface area contributed by atoms with Crippen molar-refractivity contribution in [2.24, 2.45) is 12.0 Å². The van der Waals surface area contributed by atoms with E-state index in [1.165, 1.54) is 43.2 Å². The molecule has 1 aliphatic rings. The summed E-state index contributed by atoms with van der Waals surface area (Å²) in [6.45, 7) is 6.59. The van der Waals surface area contributed by atoms with Crippen LogP contribution < -0.4 is 10.6 Å². The summed E-state index contributed by atoms with van der Waals surface area (Å²) in [6.07, 6.45) is 7.96. The van der Waals surface area contributed by atoms with Crippen LogP contribution in [0.3, 0.4) is 0 Å². The Balaban J connectivity index is 0.00000280. The van der Waals surface area contributed by atoms with Crippen molar-refractivity contribution in [2.75, 3.05) is 13.1 Å². The molecule has 0 bridgehead atoms. The van der Waals surface area contributed by atoms with E-state index >= 15 is 0 Å². The molecule has 3 rings (SSSR count). The molecule has 0 atom stereocenters. The lowest BCUT2D eigenvalue weighted by Crippen LogP contribution is -2.46. The van der Waals surface area contributed by atoms with Crippen LogP contribution in [0.2, 0.25) is 0 Å². The maximum atomic E-state index is 4.72. The summed E-state index contributed by atoms with van der Waals surface area (Å²) >= 11 is 0.